The van der Waals surface area contributed by atoms with E-state index in [9.17, 15) is 14.7 Å². The van der Waals surface area contributed by atoms with Crippen molar-refractivity contribution in [2.75, 3.05) is 0 Å². The zero-order valence-corrected chi connectivity index (χ0v) is 14.0. The van der Waals surface area contributed by atoms with E-state index in [4.69, 9.17) is 11.6 Å². The van der Waals surface area contributed by atoms with Gasteiger partial charge in [0.1, 0.15) is 11.3 Å². The molecule has 1 amide bonds. The van der Waals surface area contributed by atoms with Gasteiger partial charge in [-0.1, -0.05) is 18.5 Å². The average Bonchev–Trinajstić information content (AvgIpc) is 3.24. The van der Waals surface area contributed by atoms with Gasteiger partial charge < -0.3 is 14.4 Å². The summed E-state index contributed by atoms with van der Waals surface area (Å²) in [6.07, 6.45) is 6.05. The SMILES string of the molecule is CC[C@@]1(C(=O)O)C[C@@H]2CC[C@H]1N2C(=O)c1cn2cc(Cl)ccc2n1. The van der Waals surface area contributed by atoms with Crippen molar-refractivity contribution in [3.63, 3.8) is 0 Å². The monoisotopic (exact) mass is 347 g/mol. The molecule has 2 aromatic rings. The first-order chi connectivity index (χ1) is 11.5. The van der Waals surface area contributed by atoms with E-state index in [1.54, 1.807) is 33.8 Å². The van der Waals surface area contributed by atoms with Crippen molar-refractivity contribution in [2.24, 2.45) is 5.41 Å². The highest BCUT2D eigenvalue weighted by Crippen LogP contribution is 2.52. The summed E-state index contributed by atoms with van der Waals surface area (Å²) in [6.45, 7) is 1.89. The van der Waals surface area contributed by atoms with Crippen molar-refractivity contribution in [3.8, 4) is 0 Å². The fourth-order valence-electron chi connectivity index (χ4n) is 4.45. The minimum absolute atomic E-state index is 0.00745. The number of rotatable bonds is 3. The highest BCUT2D eigenvalue weighted by molar-refractivity contribution is 6.30. The summed E-state index contributed by atoms with van der Waals surface area (Å²) < 4.78 is 1.72. The smallest absolute Gasteiger partial charge is 0.311 e. The molecule has 2 bridgehead atoms. The Morgan fingerprint density at radius 3 is 2.83 bits per heavy atom. The highest BCUT2D eigenvalue weighted by atomic mass is 35.5. The predicted octanol–water partition coefficient (Wildman–Crippen LogP) is 2.85. The Kier molecular flexibility index (Phi) is 3.35. The maximum absolute atomic E-state index is 13.0. The van der Waals surface area contributed by atoms with Crippen molar-refractivity contribution in [2.45, 2.75) is 44.7 Å². The van der Waals surface area contributed by atoms with Gasteiger partial charge in [-0.15, -0.1) is 0 Å². The van der Waals surface area contributed by atoms with Crippen molar-refractivity contribution >= 4 is 29.1 Å². The topological polar surface area (TPSA) is 74.9 Å². The lowest BCUT2D eigenvalue weighted by atomic mass is 9.72. The Balaban J connectivity index is 1.70. The van der Waals surface area contributed by atoms with E-state index >= 15 is 0 Å². The van der Waals surface area contributed by atoms with Gasteiger partial charge in [-0.05, 0) is 37.8 Å². The third kappa shape index (κ3) is 1.99. The van der Waals surface area contributed by atoms with Crippen LogP contribution in [0.15, 0.2) is 24.5 Å². The van der Waals surface area contributed by atoms with E-state index in [1.165, 1.54) is 0 Å². The Morgan fingerprint density at radius 1 is 1.38 bits per heavy atom. The van der Waals surface area contributed by atoms with Crippen LogP contribution in [0, 0.1) is 5.41 Å². The molecule has 4 heterocycles. The molecular formula is C17H18ClN3O3. The van der Waals surface area contributed by atoms with Crippen LogP contribution in [0.3, 0.4) is 0 Å². The van der Waals surface area contributed by atoms with Gasteiger partial charge in [-0.2, -0.15) is 0 Å². The number of aliphatic carboxylic acids is 1. The van der Waals surface area contributed by atoms with Crippen LogP contribution in [0.5, 0.6) is 0 Å². The first-order valence-corrected chi connectivity index (χ1v) is 8.54. The number of carboxylic acid groups (broad SMARTS) is 1. The van der Waals surface area contributed by atoms with Gasteiger partial charge in [0.15, 0.2) is 0 Å². The van der Waals surface area contributed by atoms with Crippen LogP contribution in [-0.4, -0.2) is 43.4 Å². The van der Waals surface area contributed by atoms with Crippen LogP contribution in [0.25, 0.3) is 5.65 Å². The molecule has 0 saturated carbocycles. The molecule has 2 aliphatic rings. The average molecular weight is 348 g/mol. The van der Waals surface area contributed by atoms with E-state index in [-0.39, 0.29) is 18.0 Å². The maximum atomic E-state index is 13.0. The molecule has 24 heavy (non-hydrogen) atoms. The maximum Gasteiger partial charge on any atom is 0.311 e. The molecule has 0 spiro atoms. The molecule has 1 N–H and O–H groups in total. The Morgan fingerprint density at radius 2 is 2.17 bits per heavy atom. The summed E-state index contributed by atoms with van der Waals surface area (Å²) in [4.78, 5) is 31.0. The van der Waals surface area contributed by atoms with Gasteiger partial charge in [-0.25, -0.2) is 4.98 Å². The summed E-state index contributed by atoms with van der Waals surface area (Å²) in [5.41, 5.74) is 0.168. The van der Waals surface area contributed by atoms with E-state index < -0.39 is 11.4 Å². The molecule has 126 valence electrons. The number of hydrogen-bond donors (Lipinski definition) is 1. The van der Waals surface area contributed by atoms with Crippen molar-refractivity contribution in [1.29, 1.82) is 0 Å². The molecule has 3 atom stereocenters. The zero-order valence-electron chi connectivity index (χ0n) is 13.3. The molecule has 2 aliphatic heterocycles. The third-order valence-corrected chi connectivity index (χ3v) is 5.89. The molecule has 6 nitrogen and oxygen atoms in total. The summed E-state index contributed by atoms with van der Waals surface area (Å²) >= 11 is 5.97. The predicted molar refractivity (Wildman–Crippen MR) is 88.2 cm³/mol. The minimum Gasteiger partial charge on any atom is -0.481 e. The Labute approximate surface area is 144 Å². The molecule has 4 rings (SSSR count). The standard InChI is InChI=1S/C17H18ClN3O3/c1-2-17(16(23)24)7-11-4-5-13(17)21(11)15(22)12-9-20-8-10(18)3-6-14(20)19-12/h3,6,8-9,11,13H,2,4-5,7H2,1H3,(H,23,24)/t11-,13+,17+/m0/s1. The van der Waals surface area contributed by atoms with Gasteiger partial charge in [0.2, 0.25) is 0 Å². The van der Waals surface area contributed by atoms with Crippen LogP contribution >= 0.6 is 11.6 Å². The molecular weight excluding hydrogens is 330 g/mol. The number of fused-ring (bicyclic) bond motifs is 3. The van der Waals surface area contributed by atoms with Crippen LogP contribution < -0.4 is 0 Å². The van der Waals surface area contributed by atoms with Crippen LogP contribution in [0.1, 0.15) is 43.1 Å². The molecule has 0 aromatic carbocycles. The van der Waals surface area contributed by atoms with Crippen LogP contribution in [-0.2, 0) is 4.79 Å². The summed E-state index contributed by atoms with van der Waals surface area (Å²) in [6, 6.07) is 3.23. The van der Waals surface area contributed by atoms with Gasteiger partial charge in [0, 0.05) is 24.5 Å². The zero-order chi connectivity index (χ0) is 17.1. The van der Waals surface area contributed by atoms with Gasteiger partial charge in [0.25, 0.3) is 5.91 Å². The van der Waals surface area contributed by atoms with Crippen molar-refractivity contribution in [1.82, 2.24) is 14.3 Å². The lowest BCUT2D eigenvalue weighted by Gasteiger charge is -2.32. The van der Waals surface area contributed by atoms with E-state index in [2.05, 4.69) is 4.98 Å². The Bertz CT molecular complexity index is 849. The number of hydrogen-bond acceptors (Lipinski definition) is 3. The number of carbonyl (C=O) groups is 2. The van der Waals surface area contributed by atoms with E-state index in [0.29, 0.717) is 29.2 Å². The molecule has 2 fully saturated rings. The molecule has 0 aliphatic carbocycles. The third-order valence-electron chi connectivity index (χ3n) is 5.67. The number of nitrogens with zero attached hydrogens (tertiary/aromatic N) is 3. The fourth-order valence-corrected chi connectivity index (χ4v) is 4.62. The first-order valence-electron chi connectivity index (χ1n) is 8.16. The number of carboxylic acids is 1. The van der Waals surface area contributed by atoms with Gasteiger partial charge in [0.05, 0.1) is 10.4 Å². The lowest BCUT2D eigenvalue weighted by molar-refractivity contribution is -0.151. The number of amides is 1. The summed E-state index contributed by atoms with van der Waals surface area (Å²) in [5, 5.41) is 10.3. The number of imidazole rings is 1. The molecule has 7 heteroatoms. The normalized spacial score (nSPS) is 28.7. The lowest BCUT2D eigenvalue weighted by Crippen LogP contribution is -2.44. The minimum atomic E-state index is -0.818. The number of halogens is 1. The van der Waals surface area contributed by atoms with Crippen molar-refractivity contribution in [3.05, 3.63) is 35.2 Å². The largest absolute Gasteiger partial charge is 0.481 e. The van der Waals surface area contributed by atoms with Crippen molar-refractivity contribution < 1.29 is 14.7 Å². The Hall–Kier alpha value is -2.08. The van der Waals surface area contributed by atoms with Crippen LogP contribution in [0.4, 0.5) is 0 Å². The number of carbonyl (C=O) groups excluding carboxylic acids is 1. The highest BCUT2D eigenvalue weighted by Gasteiger charge is 2.60. The first kappa shape index (κ1) is 15.4. The van der Waals surface area contributed by atoms with Gasteiger partial charge >= 0.3 is 5.97 Å². The quantitative estimate of drug-likeness (QED) is 0.926. The molecule has 2 aromatic heterocycles. The second-order valence-electron chi connectivity index (χ2n) is 6.72. The molecule has 0 unspecified atom stereocenters. The second-order valence-corrected chi connectivity index (χ2v) is 7.15. The fraction of sp³-hybridized carbons (Fsp3) is 0.471. The summed E-state index contributed by atoms with van der Waals surface area (Å²) in [5.74, 6) is -0.976. The number of pyridine rings is 1. The van der Waals surface area contributed by atoms with E-state index in [1.807, 2.05) is 6.92 Å². The molecule has 0 radical (unpaired) electrons. The second kappa shape index (κ2) is 5.21. The van der Waals surface area contributed by atoms with Crippen LogP contribution in [0.2, 0.25) is 5.02 Å². The summed E-state index contributed by atoms with van der Waals surface area (Å²) in [7, 11) is 0. The van der Waals surface area contributed by atoms with Gasteiger partial charge in [-0.3, -0.25) is 9.59 Å². The van der Waals surface area contributed by atoms with E-state index in [0.717, 1.165) is 12.8 Å². The number of aromatic nitrogens is 2. The molecule has 2 saturated heterocycles.